The summed E-state index contributed by atoms with van der Waals surface area (Å²) in [6.07, 6.45) is 9.00. The number of hydrogen-bond donors (Lipinski definition) is 2. The minimum Gasteiger partial charge on any atom is -0.391 e. The van der Waals surface area contributed by atoms with Crippen molar-refractivity contribution >= 4 is 16.8 Å². The van der Waals surface area contributed by atoms with Gasteiger partial charge in [0.2, 0.25) is 0 Å². The average Bonchev–Trinajstić information content (AvgIpc) is 3.64. The first-order valence-corrected chi connectivity index (χ1v) is 12.9. The summed E-state index contributed by atoms with van der Waals surface area (Å²) in [5.41, 5.74) is 0.256. The Morgan fingerprint density at radius 2 is 1.87 bits per heavy atom. The molecule has 1 aromatic carbocycles. The van der Waals surface area contributed by atoms with E-state index in [0.29, 0.717) is 30.1 Å². The number of halogens is 2. The molecule has 3 heterocycles. The number of nitrogens with one attached hydrogen (secondary N) is 1. The fourth-order valence-corrected chi connectivity index (χ4v) is 5.14. The van der Waals surface area contributed by atoms with Crippen LogP contribution < -0.4 is 10.9 Å². The van der Waals surface area contributed by atoms with E-state index in [2.05, 4.69) is 15.4 Å². The Hall–Kier alpha value is -3.92. The third-order valence-corrected chi connectivity index (χ3v) is 7.42. The number of benzene rings is 1. The molecule has 2 fully saturated rings. The van der Waals surface area contributed by atoms with Gasteiger partial charge in [-0.2, -0.15) is 5.10 Å². The van der Waals surface area contributed by atoms with Crippen molar-refractivity contribution in [3.05, 3.63) is 82.0 Å². The summed E-state index contributed by atoms with van der Waals surface area (Å²) in [6, 6.07) is 7.17. The minimum atomic E-state index is -0.810. The number of fused-ring (bicyclic) bond motifs is 1. The van der Waals surface area contributed by atoms with Gasteiger partial charge in [-0.25, -0.2) is 8.78 Å². The summed E-state index contributed by atoms with van der Waals surface area (Å²) < 4.78 is 33.3. The molecule has 4 aromatic rings. The van der Waals surface area contributed by atoms with Crippen LogP contribution in [-0.4, -0.2) is 42.5 Å². The van der Waals surface area contributed by atoms with Crippen molar-refractivity contribution in [1.82, 2.24) is 24.6 Å². The Balaban J connectivity index is 1.34. The van der Waals surface area contributed by atoms with Crippen molar-refractivity contribution in [2.45, 2.75) is 63.3 Å². The van der Waals surface area contributed by atoms with E-state index >= 15 is 8.78 Å². The number of carbonyl (C=O) groups excluding carboxylic acids is 1. The van der Waals surface area contributed by atoms with Gasteiger partial charge in [0.05, 0.1) is 46.9 Å². The van der Waals surface area contributed by atoms with Gasteiger partial charge in [-0.05, 0) is 56.0 Å². The van der Waals surface area contributed by atoms with Gasteiger partial charge in [0.1, 0.15) is 11.6 Å². The van der Waals surface area contributed by atoms with Crippen molar-refractivity contribution in [1.29, 1.82) is 0 Å². The lowest BCUT2D eigenvalue weighted by atomic mass is 9.92. The Bertz CT molecular complexity index is 1570. The Morgan fingerprint density at radius 1 is 1.11 bits per heavy atom. The summed E-state index contributed by atoms with van der Waals surface area (Å²) in [4.78, 5) is 30.7. The molecule has 3 aromatic heterocycles. The zero-order valence-corrected chi connectivity index (χ0v) is 20.6. The molecule has 196 valence electrons. The van der Waals surface area contributed by atoms with Crippen LogP contribution in [0, 0.1) is 11.6 Å². The number of pyridine rings is 2. The van der Waals surface area contributed by atoms with E-state index in [1.807, 2.05) is 0 Å². The van der Waals surface area contributed by atoms with Gasteiger partial charge >= 0.3 is 0 Å². The predicted octanol–water partition coefficient (Wildman–Crippen LogP) is 3.95. The zero-order valence-electron chi connectivity index (χ0n) is 20.6. The quantitative estimate of drug-likeness (QED) is 0.402. The number of hydrogen-bond acceptors (Lipinski definition) is 5. The van der Waals surface area contributed by atoms with Crippen LogP contribution in [0.4, 0.5) is 8.78 Å². The molecule has 2 aliphatic rings. The first-order valence-electron chi connectivity index (χ1n) is 12.9. The lowest BCUT2D eigenvalue weighted by Gasteiger charge is -2.28. The molecule has 0 unspecified atom stereocenters. The Morgan fingerprint density at radius 3 is 2.61 bits per heavy atom. The fraction of sp³-hybridized carbons (Fsp3) is 0.357. The molecule has 1 amide bonds. The minimum absolute atomic E-state index is 0.0982. The first-order chi connectivity index (χ1) is 18.4. The van der Waals surface area contributed by atoms with Gasteiger partial charge in [0, 0.05) is 29.7 Å². The molecule has 0 radical (unpaired) electrons. The molecule has 2 N–H and O–H groups in total. The normalized spacial score (nSPS) is 19.6. The molecule has 10 heteroatoms. The predicted molar refractivity (Wildman–Crippen MR) is 137 cm³/mol. The van der Waals surface area contributed by atoms with E-state index < -0.39 is 41.8 Å². The zero-order chi connectivity index (χ0) is 26.4. The van der Waals surface area contributed by atoms with Crippen LogP contribution in [0.1, 0.15) is 60.5 Å². The lowest BCUT2D eigenvalue weighted by Crippen LogP contribution is -2.45. The number of nitrogens with zero attached hydrogens (tertiary/aromatic N) is 4. The van der Waals surface area contributed by atoms with Gasteiger partial charge in [-0.15, -0.1) is 0 Å². The van der Waals surface area contributed by atoms with Crippen LogP contribution in [0.5, 0.6) is 0 Å². The SMILES string of the molecule is O=C(N[C@H]1CCCC[C@@H]1O)c1cn(Cc2c(F)cc(-c3ccn(C4CC4)n3)cc2F)c(=O)c2cccnc12. The molecule has 2 aliphatic carbocycles. The number of aromatic nitrogens is 4. The summed E-state index contributed by atoms with van der Waals surface area (Å²) >= 11 is 0. The lowest BCUT2D eigenvalue weighted by molar-refractivity contribution is 0.0718. The van der Waals surface area contributed by atoms with Crippen LogP contribution in [0.2, 0.25) is 0 Å². The van der Waals surface area contributed by atoms with Gasteiger partial charge < -0.3 is 15.0 Å². The molecule has 6 rings (SSSR count). The first kappa shape index (κ1) is 24.4. The molecule has 2 atom stereocenters. The van der Waals surface area contributed by atoms with Crippen LogP contribution in [0.15, 0.2) is 53.7 Å². The van der Waals surface area contributed by atoms with Gasteiger partial charge in [-0.3, -0.25) is 19.3 Å². The number of rotatable bonds is 6. The second kappa shape index (κ2) is 9.75. The largest absolute Gasteiger partial charge is 0.391 e. The summed E-state index contributed by atoms with van der Waals surface area (Å²) in [7, 11) is 0. The van der Waals surface area contributed by atoms with Crippen molar-refractivity contribution in [3.63, 3.8) is 0 Å². The average molecular weight is 520 g/mol. The maximum absolute atomic E-state index is 15.2. The Labute approximate surface area is 216 Å². The molecule has 8 nitrogen and oxygen atoms in total. The molecule has 0 saturated heterocycles. The standard InChI is InChI=1S/C28H27F2N5O3/c29-21-12-16(23-9-11-35(33-23)17-7-8-17)13-22(30)19(21)14-34-15-20(26-18(28(34)38)4-3-10-31-26)27(37)32-24-5-1-2-6-25(24)36/h3-4,9-13,15,17,24-25,36H,1-2,5-8,14H2,(H,32,37)/t24-,25-/m0/s1. The Kier molecular flexibility index (Phi) is 6.27. The summed E-state index contributed by atoms with van der Waals surface area (Å²) in [5, 5.41) is 17.7. The second-order valence-electron chi connectivity index (χ2n) is 10.1. The highest BCUT2D eigenvalue weighted by Crippen LogP contribution is 2.35. The van der Waals surface area contributed by atoms with Crippen LogP contribution in [0.3, 0.4) is 0 Å². The molecule has 0 spiro atoms. The number of aliphatic hydroxyl groups excluding tert-OH is 1. The van der Waals surface area contributed by atoms with E-state index in [1.54, 1.807) is 23.0 Å². The fourth-order valence-electron chi connectivity index (χ4n) is 5.14. The number of aliphatic hydroxyl groups is 1. The van der Waals surface area contributed by atoms with Gasteiger partial charge in [0.25, 0.3) is 11.5 Å². The van der Waals surface area contributed by atoms with E-state index in [1.165, 1.54) is 30.6 Å². The molecule has 0 bridgehead atoms. The maximum atomic E-state index is 15.2. The molecular weight excluding hydrogens is 492 g/mol. The van der Waals surface area contributed by atoms with Crippen molar-refractivity contribution in [3.8, 4) is 11.3 Å². The topological polar surface area (TPSA) is 102 Å². The van der Waals surface area contributed by atoms with Gasteiger partial charge in [0.15, 0.2) is 0 Å². The van der Waals surface area contributed by atoms with E-state index in [-0.39, 0.29) is 22.0 Å². The van der Waals surface area contributed by atoms with E-state index in [0.717, 1.165) is 30.3 Å². The van der Waals surface area contributed by atoms with E-state index in [9.17, 15) is 14.7 Å². The van der Waals surface area contributed by atoms with Crippen molar-refractivity contribution in [2.24, 2.45) is 0 Å². The van der Waals surface area contributed by atoms with Crippen LogP contribution in [0.25, 0.3) is 22.2 Å². The highest BCUT2D eigenvalue weighted by Gasteiger charge is 2.27. The van der Waals surface area contributed by atoms with Crippen molar-refractivity contribution < 1.29 is 18.7 Å². The maximum Gasteiger partial charge on any atom is 0.260 e. The molecule has 2 saturated carbocycles. The van der Waals surface area contributed by atoms with Crippen LogP contribution in [-0.2, 0) is 6.54 Å². The number of carbonyl (C=O) groups is 1. The second-order valence-corrected chi connectivity index (χ2v) is 10.1. The summed E-state index contributed by atoms with van der Waals surface area (Å²) in [5.74, 6) is -2.12. The third-order valence-electron chi connectivity index (χ3n) is 7.42. The van der Waals surface area contributed by atoms with E-state index in [4.69, 9.17) is 0 Å². The van der Waals surface area contributed by atoms with Crippen molar-refractivity contribution in [2.75, 3.05) is 0 Å². The highest BCUT2D eigenvalue weighted by atomic mass is 19.1. The smallest absolute Gasteiger partial charge is 0.260 e. The third kappa shape index (κ3) is 4.60. The van der Waals surface area contributed by atoms with Crippen LogP contribution >= 0.6 is 0 Å². The highest BCUT2D eigenvalue weighted by molar-refractivity contribution is 6.05. The summed E-state index contributed by atoms with van der Waals surface area (Å²) in [6.45, 7) is -0.412. The molecule has 0 aliphatic heterocycles. The monoisotopic (exact) mass is 519 g/mol. The van der Waals surface area contributed by atoms with Gasteiger partial charge in [-0.1, -0.05) is 12.8 Å². The number of amides is 1. The molecular formula is C28H27F2N5O3. The molecule has 38 heavy (non-hydrogen) atoms.